The molecule has 1 aliphatic rings. The number of nitrogens with one attached hydrogen (secondary N) is 1. The number of nitrogens with zero attached hydrogens (tertiary/aromatic N) is 2. The summed E-state index contributed by atoms with van der Waals surface area (Å²) in [7, 11) is 3.51. The fraction of sp³-hybridized carbons (Fsp3) is 0.591. The SMILES string of the molecule is CC(NC(=O)c1ccc(C(C)(C)C)cc1)C(=O)N1CCC(C(=O)N(C)C)CC1. The maximum Gasteiger partial charge on any atom is 0.251 e. The van der Waals surface area contributed by atoms with Gasteiger partial charge in [0.05, 0.1) is 0 Å². The van der Waals surface area contributed by atoms with Crippen LogP contribution in [0.25, 0.3) is 0 Å². The zero-order valence-electron chi connectivity index (χ0n) is 17.9. The minimum atomic E-state index is -0.601. The smallest absolute Gasteiger partial charge is 0.251 e. The highest BCUT2D eigenvalue weighted by atomic mass is 16.2. The summed E-state index contributed by atoms with van der Waals surface area (Å²) in [4.78, 5) is 40.6. The molecule has 0 aromatic heterocycles. The van der Waals surface area contributed by atoms with E-state index in [1.807, 2.05) is 12.1 Å². The van der Waals surface area contributed by atoms with Crippen LogP contribution in [0.5, 0.6) is 0 Å². The molecule has 1 N–H and O–H groups in total. The lowest BCUT2D eigenvalue weighted by Gasteiger charge is -2.34. The summed E-state index contributed by atoms with van der Waals surface area (Å²) >= 11 is 0. The van der Waals surface area contributed by atoms with Crippen LogP contribution in [0.2, 0.25) is 0 Å². The normalized spacial score (nSPS) is 16.4. The van der Waals surface area contributed by atoms with Crippen molar-refractivity contribution >= 4 is 17.7 Å². The standard InChI is InChI=1S/C22H33N3O3/c1-15(20(27)25-13-11-17(12-14-25)21(28)24(5)6)23-19(26)16-7-9-18(10-8-16)22(2,3)4/h7-10,15,17H,11-14H2,1-6H3,(H,23,26). The average Bonchev–Trinajstić information content (AvgIpc) is 2.66. The summed E-state index contributed by atoms with van der Waals surface area (Å²) in [5.41, 5.74) is 1.73. The van der Waals surface area contributed by atoms with Crippen molar-refractivity contribution in [2.24, 2.45) is 5.92 Å². The van der Waals surface area contributed by atoms with E-state index in [-0.39, 0.29) is 29.1 Å². The summed E-state index contributed by atoms with van der Waals surface area (Å²) in [6, 6.07) is 6.90. The molecule has 0 bridgehead atoms. The highest BCUT2D eigenvalue weighted by Crippen LogP contribution is 2.22. The summed E-state index contributed by atoms with van der Waals surface area (Å²) in [6.07, 6.45) is 1.33. The Morgan fingerprint density at radius 3 is 2.07 bits per heavy atom. The van der Waals surface area contributed by atoms with Gasteiger partial charge in [0.1, 0.15) is 6.04 Å². The van der Waals surface area contributed by atoms with Gasteiger partial charge in [-0.3, -0.25) is 14.4 Å². The maximum absolute atomic E-state index is 12.7. The number of carbonyl (C=O) groups excluding carboxylic acids is 3. The molecule has 0 saturated carbocycles. The van der Waals surface area contributed by atoms with E-state index < -0.39 is 6.04 Å². The molecule has 1 aliphatic heterocycles. The molecule has 1 fully saturated rings. The zero-order valence-corrected chi connectivity index (χ0v) is 17.9. The van der Waals surface area contributed by atoms with Gasteiger partial charge in [0.2, 0.25) is 11.8 Å². The Balaban J connectivity index is 1.90. The highest BCUT2D eigenvalue weighted by Gasteiger charge is 2.30. The van der Waals surface area contributed by atoms with Crippen LogP contribution in [0.3, 0.4) is 0 Å². The van der Waals surface area contributed by atoms with E-state index >= 15 is 0 Å². The highest BCUT2D eigenvalue weighted by molar-refractivity contribution is 5.97. The van der Waals surface area contributed by atoms with E-state index in [2.05, 4.69) is 26.1 Å². The van der Waals surface area contributed by atoms with Crippen LogP contribution in [0.1, 0.15) is 56.5 Å². The van der Waals surface area contributed by atoms with Crippen molar-refractivity contribution in [3.05, 3.63) is 35.4 Å². The Labute approximate surface area is 168 Å². The first-order valence-electron chi connectivity index (χ1n) is 9.92. The minimum Gasteiger partial charge on any atom is -0.349 e. The Morgan fingerprint density at radius 1 is 1.07 bits per heavy atom. The molecule has 1 saturated heterocycles. The number of benzene rings is 1. The topological polar surface area (TPSA) is 69.7 Å². The van der Waals surface area contributed by atoms with Crippen molar-refractivity contribution in [2.45, 2.75) is 52.0 Å². The number of hydrogen-bond acceptors (Lipinski definition) is 3. The van der Waals surface area contributed by atoms with Gasteiger partial charge in [-0.1, -0.05) is 32.9 Å². The van der Waals surface area contributed by atoms with Crippen LogP contribution in [-0.2, 0) is 15.0 Å². The Morgan fingerprint density at radius 2 is 1.61 bits per heavy atom. The lowest BCUT2D eigenvalue weighted by Crippen LogP contribution is -2.50. The molecule has 0 aliphatic carbocycles. The molecule has 28 heavy (non-hydrogen) atoms. The monoisotopic (exact) mass is 387 g/mol. The van der Waals surface area contributed by atoms with Gasteiger partial charge in [0, 0.05) is 38.7 Å². The van der Waals surface area contributed by atoms with Crippen molar-refractivity contribution < 1.29 is 14.4 Å². The third kappa shape index (κ3) is 5.33. The zero-order chi connectivity index (χ0) is 21.1. The van der Waals surface area contributed by atoms with E-state index in [0.29, 0.717) is 31.5 Å². The van der Waals surface area contributed by atoms with Crippen molar-refractivity contribution in [3.63, 3.8) is 0 Å². The Kier molecular flexibility index (Phi) is 6.86. The number of hydrogen-bond donors (Lipinski definition) is 1. The first kappa shape index (κ1) is 21.9. The van der Waals surface area contributed by atoms with Gasteiger partial charge < -0.3 is 15.1 Å². The molecule has 154 valence electrons. The van der Waals surface area contributed by atoms with Crippen molar-refractivity contribution in [2.75, 3.05) is 27.2 Å². The number of piperidine rings is 1. The van der Waals surface area contributed by atoms with Gasteiger partial charge in [0.25, 0.3) is 5.91 Å². The molecule has 3 amide bonds. The second-order valence-electron chi connectivity index (χ2n) is 8.85. The fourth-order valence-corrected chi connectivity index (χ4v) is 3.45. The lowest BCUT2D eigenvalue weighted by atomic mass is 9.86. The van der Waals surface area contributed by atoms with E-state index in [9.17, 15) is 14.4 Å². The number of likely N-dealkylation sites (tertiary alicyclic amines) is 1. The molecule has 0 radical (unpaired) electrons. The Hall–Kier alpha value is -2.37. The molecule has 1 heterocycles. The van der Waals surface area contributed by atoms with Crippen LogP contribution >= 0.6 is 0 Å². The minimum absolute atomic E-state index is 0.0229. The van der Waals surface area contributed by atoms with Crippen LogP contribution in [0.4, 0.5) is 0 Å². The second-order valence-corrected chi connectivity index (χ2v) is 8.85. The largest absolute Gasteiger partial charge is 0.349 e. The molecule has 1 aromatic rings. The van der Waals surface area contributed by atoms with Crippen LogP contribution in [-0.4, -0.2) is 60.7 Å². The molecule has 2 rings (SSSR count). The first-order valence-corrected chi connectivity index (χ1v) is 9.92. The number of amides is 3. The molecule has 6 heteroatoms. The molecule has 0 spiro atoms. The maximum atomic E-state index is 12.7. The summed E-state index contributed by atoms with van der Waals surface area (Å²) in [5, 5.41) is 2.80. The average molecular weight is 388 g/mol. The van der Waals surface area contributed by atoms with Gasteiger partial charge in [0.15, 0.2) is 0 Å². The third-order valence-electron chi connectivity index (χ3n) is 5.33. The van der Waals surface area contributed by atoms with Crippen LogP contribution in [0.15, 0.2) is 24.3 Å². The predicted octanol–water partition coefficient (Wildman–Crippen LogP) is 2.43. The Bertz CT molecular complexity index is 712. The van der Waals surface area contributed by atoms with Crippen LogP contribution in [0, 0.1) is 5.92 Å². The van der Waals surface area contributed by atoms with Crippen molar-refractivity contribution in [1.29, 1.82) is 0 Å². The molecular formula is C22H33N3O3. The van der Waals surface area contributed by atoms with Crippen molar-refractivity contribution in [3.8, 4) is 0 Å². The molecule has 6 nitrogen and oxygen atoms in total. The van der Waals surface area contributed by atoms with E-state index in [4.69, 9.17) is 0 Å². The summed E-state index contributed by atoms with van der Waals surface area (Å²) < 4.78 is 0. The van der Waals surface area contributed by atoms with Gasteiger partial charge in [-0.05, 0) is 42.9 Å². The molecule has 1 atom stereocenters. The molecule has 1 aromatic carbocycles. The fourth-order valence-electron chi connectivity index (χ4n) is 3.45. The lowest BCUT2D eigenvalue weighted by molar-refractivity contribution is -0.139. The van der Waals surface area contributed by atoms with Gasteiger partial charge in [-0.2, -0.15) is 0 Å². The van der Waals surface area contributed by atoms with Crippen molar-refractivity contribution in [1.82, 2.24) is 15.1 Å². The van der Waals surface area contributed by atoms with E-state index in [0.717, 1.165) is 5.56 Å². The summed E-state index contributed by atoms with van der Waals surface area (Å²) in [5.74, 6) is -0.258. The van der Waals surface area contributed by atoms with E-state index in [1.165, 1.54) is 0 Å². The number of carbonyl (C=O) groups is 3. The van der Waals surface area contributed by atoms with Gasteiger partial charge in [-0.15, -0.1) is 0 Å². The first-order chi connectivity index (χ1) is 13.0. The van der Waals surface area contributed by atoms with E-state index in [1.54, 1.807) is 43.0 Å². The quantitative estimate of drug-likeness (QED) is 0.863. The third-order valence-corrected chi connectivity index (χ3v) is 5.33. The second kappa shape index (κ2) is 8.76. The van der Waals surface area contributed by atoms with Crippen LogP contribution < -0.4 is 5.32 Å². The molecular weight excluding hydrogens is 354 g/mol. The number of rotatable bonds is 4. The predicted molar refractivity (Wildman–Crippen MR) is 110 cm³/mol. The van der Waals surface area contributed by atoms with Gasteiger partial charge in [-0.25, -0.2) is 0 Å². The molecule has 1 unspecified atom stereocenters. The summed E-state index contributed by atoms with van der Waals surface area (Å²) in [6.45, 7) is 9.17. The van der Waals surface area contributed by atoms with Gasteiger partial charge >= 0.3 is 0 Å².